The monoisotopic (exact) mass is 321 g/mol. The van der Waals surface area contributed by atoms with Crippen molar-refractivity contribution in [3.05, 3.63) is 21.6 Å². The van der Waals surface area contributed by atoms with E-state index in [2.05, 4.69) is 15.9 Å². The Morgan fingerprint density at radius 1 is 1.24 bits per heavy atom. The molecule has 0 aliphatic carbocycles. The molecular formula is C12H17BrClNO2. The molecule has 96 valence electrons. The molecule has 1 aromatic carbocycles. The van der Waals surface area contributed by atoms with Gasteiger partial charge in [0.05, 0.1) is 16.8 Å². The number of aliphatic hydroxyl groups is 1. The number of nitrogens with two attached hydrogens (primary N) is 1. The molecule has 17 heavy (non-hydrogen) atoms. The van der Waals surface area contributed by atoms with Crippen molar-refractivity contribution in [1.29, 1.82) is 0 Å². The maximum Gasteiger partial charge on any atom is 0.156 e. The van der Waals surface area contributed by atoms with E-state index < -0.39 is 0 Å². The average molecular weight is 323 g/mol. The molecule has 0 radical (unpaired) electrons. The molecule has 0 heterocycles. The fraction of sp³-hybridized carbons (Fsp3) is 0.500. The van der Waals surface area contributed by atoms with Gasteiger partial charge in [0.15, 0.2) is 5.75 Å². The molecule has 1 aromatic rings. The van der Waals surface area contributed by atoms with E-state index in [4.69, 9.17) is 27.2 Å². The summed E-state index contributed by atoms with van der Waals surface area (Å²) in [6.45, 7) is 0.881. The van der Waals surface area contributed by atoms with E-state index >= 15 is 0 Å². The summed E-state index contributed by atoms with van der Waals surface area (Å²) >= 11 is 9.22. The van der Waals surface area contributed by atoms with Crippen molar-refractivity contribution in [2.75, 3.05) is 18.9 Å². The Balaban J connectivity index is 2.36. The summed E-state index contributed by atoms with van der Waals surface area (Å²) < 4.78 is 6.39. The maximum absolute atomic E-state index is 8.63. The maximum atomic E-state index is 8.63. The van der Waals surface area contributed by atoms with Gasteiger partial charge in [0, 0.05) is 11.6 Å². The van der Waals surface area contributed by atoms with Crippen LogP contribution in [-0.2, 0) is 0 Å². The minimum atomic E-state index is 0.260. The van der Waals surface area contributed by atoms with Gasteiger partial charge in [-0.05, 0) is 47.3 Å². The zero-order valence-electron chi connectivity index (χ0n) is 9.59. The molecule has 0 saturated carbocycles. The van der Waals surface area contributed by atoms with Gasteiger partial charge >= 0.3 is 0 Å². The van der Waals surface area contributed by atoms with Gasteiger partial charge in [-0.1, -0.05) is 18.0 Å². The number of hydrogen-bond acceptors (Lipinski definition) is 3. The Hall–Kier alpha value is -0.450. The molecule has 0 saturated heterocycles. The van der Waals surface area contributed by atoms with E-state index in [0.29, 0.717) is 23.1 Å². The molecule has 0 spiro atoms. The zero-order chi connectivity index (χ0) is 12.7. The number of aliphatic hydroxyl groups excluding tert-OH is 1. The molecule has 0 fully saturated rings. The van der Waals surface area contributed by atoms with Crippen molar-refractivity contribution < 1.29 is 9.84 Å². The lowest BCUT2D eigenvalue weighted by atomic mass is 10.2. The van der Waals surface area contributed by atoms with Crippen LogP contribution >= 0.6 is 27.5 Å². The number of halogens is 2. The van der Waals surface area contributed by atoms with Crippen molar-refractivity contribution in [2.24, 2.45) is 0 Å². The number of anilines is 1. The number of rotatable bonds is 7. The molecule has 0 aromatic heterocycles. The number of nitrogen functional groups attached to an aromatic ring is 1. The van der Waals surface area contributed by atoms with Crippen LogP contribution < -0.4 is 10.5 Å². The highest BCUT2D eigenvalue weighted by Crippen LogP contribution is 2.34. The van der Waals surface area contributed by atoms with Crippen LogP contribution in [0.15, 0.2) is 16.6 Å². The Morgan fingerprint density at radius 2 is 1.94 bits per heavy atom. The first-order chi connectivity index (χ1) is 8.15. The largest absolute Gasteiger partial charge is 0.490 e. The van der Waals surface area contributed by atoms with Crippen LogP contribution in [0.3, 0.4) is 0 Å². The molecular weight excluding hydrogens is 305 g/mol. The number of benzene rings is 1. The number of hydrogen-bond donors (Lipinski definition) is 2. The first kappa shape index (κ1) is 14.6. The van der Waals surface area contributed by atoms with Crippen molar-refractivity contribution in [3.63, 3.8) is 0 Å². The molecule has 0 aliphatic rings. The lowest BCUT2D eigenvalue weighted by Gasteiger charge is -2.11. The fourth-order valence-electron chi connectivity index (χ4n) is 1.47. The number of ether oxygens (including phenoxy) is 1. The molecule has 0 unspecified atom stereocenters. The Labute approximate surface area is 115 Å². The lowest BCUT2D eigenvalue weighted by Crippen LogP contribution is -2.01. The summed E-state index contributed by atoms with van der Waals surface area (Å²) in [5, 5.41) is 9.22. The molecule has 0 bridgehead atoms. The molecule has 1 rings (SSSR count). The predicted molar refractivity (Wildman–Crippen MR) is 74.6 cm³/mol. The summed E-state index contributed by atoms with van der Waals surface area (Å²) in [5.74, 6) is 0.650. The smallest absolute Gasteiger partial charge is 0.156 e. The summed E-state index contributed by atoms with van der Waals surface area (Å²) in [4.78, 5) is 0. The highest BCUT2D eigenvalue weighted by atomic mass is 79.9. The quantitative estimate of drug-likeness (QED) is 0.595. The van der Waals surface area contributed by atoms with Crippen LogP contribution in [0.25, 0.3) is 0 Å². The molecule has 0 amide bonds. The van der Waals surface area contributed by atoms with Gasteiger partial charge in [-0.3, -0.25) is 0 Å². The van der Waals surface area contributed by atoms with Gasteiger partial charge in [0.2, 0.25) is 0 Å². The molecule has 3 N–H and O–H groups in total. The topological polar surface area (TPSA) is 55.5 Å². The summed E-state index contributed by atoms with van der Waals surface area (Å²) in [5.41, 5.74) is 6.35. The predicted octanol–water partition coefficient (Wildman–Crippen LogP) is 3.62. The van der Waals surface area contributed by atoms with Gasteiger partial charge in [-0.2, -0.15) is 0 Å². The molecule has 5 heteroatoms. The molecule has 3 nitrogen and oxygen atoms in total. The van der Waals surface area contributed by atoms with Crippen LogP contribution in [0, 0.1) is 0 Å². The van der Waals surface area contributed by atoms with Crippen LogP contribution in [-0.4, -0.2) is 18.3 Å². The standard InChI is InChI=1S/C12H17BrClNO2/c13-10-7-9(14)8-11(15)12(10)17-6-4-2-1-3-5-16/h7-8,16H,1-6,15H2. The van der Waals surface area contributed by atoms with Crippen molar-refractivity contribution >= 4 is 33.2 Å². The van der Waals surface area contributed by atoms with E-state index in [1.54, 1.807) is 12.1 Å². The van der Waals surface area contributed by atoms with E-state index in [-0.39, 0.29) is 6.61 Å². The zero-order valence-corrected chi connectivity index (χ0v) is 11.9. The van der Waals surface area contributed by atoms with E-state index in [9.17, 15) is 0 Å². The molecule has 0 atom stereocenters. The highest BCUT2D eigenvalue weighted by molar-refractivity contribution is 9.10. The second-order valence-electron chi connectivity index (χ2n) is 3.79. The SMILES string of the molecule is Nc1cc(Cl)cc(Br)c1OCCCCCCO. The fourth-order valence-corrected chi connectivity index (χ4v) is 2.42. The minimum absolute atomic E-state index is 0.260. The Bertz CT molecular complexity index is 337. The van der Waals surface area contributed by atoms with Gasteiger partial charge in [-0.25, -0.2) is 0 Å². The van der Waals surface area contributed by atoms with Gasteiger partial charge in [0.1, 0.15) is 0 Å². The Morgan fingerprint density at radius 3 is 2.59 bits per heavy atom. The van der Waals surface area contributed by atoms with Crippen LogP contribution in [0.1, 0.15) is 25.7 Å². The second-order valence-corrected chi connectivity index (χ2v) is 5.08. The normalized spacial score (nSPS) is 10.5. The highest BCUT2D eigenvalue weighted by Gasteiger charge is 2.07. The van der Waals surface area contributed by atoms with E-state index in [0.717, 1.165) is 30.2 Å². The average Bonchev–Trinajstić information content (AvgIpc) is 2.26. The van der Waals surface area contributed by atoms with Crippen LogP contribution in [0.4, 0.5) is 5.69 Å². The first-order valence-corrected chi connectivity index (χ1v) is 6.80. The van der Waals surface area contributed by atoms with Gasteiger partial charge < -0.3 is 15.6 Å². The summed E-state index contributed by atoms with van der Waals surface area (Å²) in [6, 6.07) is 3.44. The summed E-state index contributed by atoms with van der Waals surface area (Å²) in [6.07, 6.45) is 3.88. The summed E-state index contributed by atoms with van der Waals surface area (Å²) in [7, 11) is 0. The van der Waals surface area contributed by atoms with Crippen molar-refractivity contribution in [2.45, 2.75) is 25.7 Å². The third-order valence-electron chi connectivity index (χ3n) is 2.34. The second kappa shape index (κ2) is 7.80. The van der Waals surface area contributed by atoms with Crippen LogP contribution in [0.2, 0.25) is 5.02 Å². The number of unbranched alkanes of at least 4 members (excludes halogenated alkanes) is 3. The van der Waals surface area contributed by atoms with Crippen molar-refractivity contribution in [3.8, 4) is 5.75 Å². The lowest BCUT2D eigenvalue weighted by molar-refractivity contribution is 0.273. The minimum Gasteiger partial charge on any atom is -0.490 e. The Kier molecular flexibility index (Phi) is 6.70. The first-order valence-electron chi connectivity index (χ1n) is 5.63. The third-order valence-corrected chi connectivity index (χ3v) is 3.14. The van der Waals surface area contributed by atoms with Gasteiger partial charge in [-0.15, -0.1) is 0 Å². The van der Waals surface area contributed by atoms with Crippen LogP contribution in [0.5, 0.6) is 5.75 Å². The third kappa shape index (κ3) is 5.15. The van der Waals surface area contributed by atoms with E-state index in [1.807, 2.05) is 0 Å². The van der Waals surface area contributed by atoms with E-state index in [1.165, 1.54) is 0 Å². The van der Waals surface area contributed by atoms with Crippen molar-refractivity contribution in [1.82, 2.24) is 0 Å². The molecule has 0 aliphatic heterocycles. The van der Waals surface area contributed by atoms with Gasteiger partial charge in [0.25, 0.3) is 0 Å².